The molecule has 0 radical (unpaired) electrons. The van der Waals surface area contributed by atoms with Crippen molar-refractivity contribution in [2.75, 3.05) is 12.3 Å². The monoisotopic (exact) mass is 162 g/mol. The molecule has 3 N–H and O–H groups in total. The minimum Gasteiger partial charge on any atom is -0.354 e. The molecule has 60 valence electrons. The summed E-state index contributed by atoms with van der Waals surface area (Å²) in [6.45, 7) is 4.20. The molecule has 10 heavy (non-hydrogen) atoms. The van der Waals surface area contributed by atoms with Gasteiger partial charge in [0.25, 0.3) is 0 Å². The lowest BCUT2D eigenvalue weighted by molar-refractivity contribution is -0.118. The molecule has 0 aromatic heterocycles. The number of rotatable bonds is 3. The summed E-state index contributed by atoms with van der Waals surface area (Å²) in [4.78, 5) is 10.6. The fourth-order valence-corrected chi connectivity index (χ4v) is 0.494. The molecule has 0 spiro atoms. The number of hydrogen-bond donors (Lipinski definition) is 3. The molecule has 0 heterocycles. The van der Waals surface area contributed by atoms with Gasteiger partial charge in [-0.3, -0.25) is 4.79 Å². The van der Waals surface area contributed by atoms with Crippen molar-refractivity contribution in [2.24, 2.45) is 5.73 Å². The van der Waals surface area contributed by atoms with Crippen LogP contribution in [0.25, 0.3) is 0 Å². The summed E-state index contributed by atoms with van der Waals surface area (Å²) in [5.74, 6) is 0.137. The van der Waals surface area contributed by atoms with Crippen LogP contribution >= 0.6 is 12.6 Å². The standard InChI is InChI=1S/C6H14N2OS/c1-6(2,7)4-8-5(9)3-10/h10H,3-4,7H2,1-2H3,(H,8,9). The number of thiol groups is 1. The molecule has 0 saturated carbocycles. The Labute approximate surface area is 66.8 Å². The molecule has 0 rings (SSSR count). The van der Waals surface area contributed by atoms with E-state index in [2.05, 4.69) is 17.9 Å². The maximum atomic E-state index is 10.6. The van der Waals surface area contributed by atoms with Crippen molar-refractivity contribution in [3.63, 3.8) is 0 Å². The lowest BCUT2D eigenvalue weighted by Gasteiger charge is -2.18. The van der Waals surface area contributed by atoms with E-state index in [0.29, 0.717) is 6.54 Å². The Morgan fingerprint density at radius 2 is 2.20 bits per heavy atom. The van der Waals surface area contributed by atoms with E-state index in [4.69, 9.17) is 5.73 Å². The van der Waals surface area contributed by atoms with Crippen molar-refractivity contribution < 1.29 is 4.79 Å². The Kier molecular flexibility index (Phi) is 3.75. The third kappa shape index (κ3) is 5.91. The lowest BCUT2D eigenvalue weighted by Crippen LogP contribution is -2.45. The summed E-state index contributed by atoms with van der Waals surface area (Å²) in [7, 11) is 0. The normalized spacial score (nSPS) is 11.2. The molecule has 0 bridgehead atoms. The molecule has 0 aliphatic rings. The van der Waals surface area contributed by atoms with Gasteiger partial charge in [0.05, 0.1) is 5.75 Å². The minimum absolute atomic E-state index is 0.0816. The van der Waals surface area contributed by atoms with Crippen molar-refractivity contribution in [3.8, 4) is 0 Å². The van der Waals surface area contributed by atoms with E-state index < -0.39 is 0 Å². The van der Waals surface area contributed by atoms with Gasteiger partial charge in [0, 0.05) is 12.1 Å². The summed E-state index contributed by atoms with van der Waals surface area (Å²) >= 11 is 3.79. The number of nitrogens with two attached hydrogens (primary N) is 1. The third-order valence-corrected chi connectivity index (χ3v) is 1.17. The maximum Gasteiger partial charge on any atom is 0.229 e. The van der Waals surface area contributed by atoms with Crippen LogP contribution in [0.2, 0.25) is 0 Å². The second-order valence-corrected chi connectivity index (χ2v) is 3.24. The van der Waals surface area contributed by atoms with E-state index in [9.17, 15) is 4.79 Å². The van der Waals surface area contributed by atoms with Gasteiger partial charge in [-0.1, -0.05) is 0 Å². The van der Waals surface area contributed by atoms with E-state index in [1.54, 1.807) is 0 Å². The summed E-state index contributed by atoms with van der Waals surface area (Å²) in [5.41, 5.74) is 5.26. The van der Waals surface area contributed by atoms with E-state index in [1.165, 1.54) is 0 Å². The Hall–Kier alpha value is -0.220. The highest BCUT2D eigenvalue weighted by Gasteiger charge is 2.10. The van der Waals surface area contributed by atoms with Crippen LogP contribution in [-0.2, 0) is 4.79 Å². The van der Waals surface area contributed by atoms with Gasteiger partial charge in [0.15, 0.2) is 0 Å². The molecular weight excluding hydrogens is 148 g/mol. The van der Waals surface area contributed by atoms with E-state index in [0.717, 1.165) is 0 Å². The predicted molar refractivity (Wildman–Crippen MR) is 45.1 cm³/mol. The fourth-order valence-electron chi connectivity index (χ4n) is 0.382. The van der Waals surface area contributed by atoms with Crippen LogP contribution in [0, 0.1) is 0 Å². The number of carbonyl (C=O) groups is 1. The van der Waals surface area contributed by atoms with Crippen LogP contribution in [0.5, 0.6) is 0 Å². The van der Waals surface area contributed by atoms with Crippen LogP contribution in [0.3, 0.4) is 0 Å². The largest absolute Gasteiger partial charge is 0.354 e. The summed E-state index contributed by atoms with van der Waals surface area (Å²) < 4.78 is 0. The van der Waals surface area contributed by atoms with E-state index in [1.807, 2.05) is 13.8 Å². The van der Waals surface area contributed by atoms with Gasteiger partial charge >= 0.3 is 0 Å². The molecule has 0 aliphatic heterocycles. The Balaban J connectivity index is 3.46. The first-order chi connectivity index (χ1) is 4.45. The smallest absolute Gasteiger partial charge is 0.229 e. The third-order valence-electron chi connectivity index (χ3n) is 0.885. The molecule has 0 fully saturated rings. The highest BCUT2D eigenvalue weighted by atomic mass is 32.1. The van der Waals surface area contributed by atoms with Gasteiger partial charge in [0.2, 0.25) is 5.91 Å². The molecule has 0 unspecified atom stereocenters. The van der Waals surface area contributed by atoms with Crippen molar-refractivity contribution in [1.82, 2.24) is 5.32 Å². The highest BCUT2D eigenvalue weighted by molar-refractivity contribution is 7.81. The molecule has 0 aromatic rings. The number of nitrogens with one attached hydrogen (secondary N) is 1. The van der Waals surface area contributed by atoms with Gasteiger partial charge in [-0.15, -0.1) is 0 Å². The number of carbonyl (C=O) groups excluding carboxylic acids is 1. The topological polar surface area (TPSA) is 55.1 Å². The average molecular weight is 162 g/mol. The molecule has 0 aliphatic carbocycles. The minimum atomic E-state index is -0.335. The Morgan fingerprint density at radius 1 is 1.70 bits per heavy atom. The number of amides is 1. The van der Waals surface area contributed by atoms with Gasteiger partial charge in [0.1, 0.15) is 0 Å². The SMILES string of the molecule is CC(C)(N)CNC(=O)CS. The van der Waals surface area contributed by atoms with Crippen LogP contribution in [-0.4, -0.2) is 23.7 Å². The van der Waals surface area contributed by atoms with Gasteiger partial charge in [-0.05, 0) is 13.8 Å². The van der Waals surface area contributed by atoms with Crippen LogP contribution < -0.4 is 11.1 Å². The molecule has 3 nitrogen and oxygen atoms in total. The summed E-state index contributed by atoms with van der Waals surface area (Å²) in [6.07, 6.45) is 0. The first kappa shape index (κ1) is 9.78. The quantitative estimate of drug-likeness (QED) is 0.502. The zero-order valence-corrected chi connectivity index (χ0v) is 7.24. The average Bonchev–Trinajstić information content (AvgIpc) is 1.81. The molecular formula is C6H14N2OS. The molecule has 0 aromatic carbocycles. The second-order valence-electron chi connectivity index (χ2n) is 2.92. The fraction of sp³-hybridized carbons (Fsp3) is 0.833. The van der Waals surface area contributed by atoms with Gasteiger partial charge in [-0.25, -0.2) is 0 Å². The zero-order chi connectivity index (χ0) is 8.20. The highest BCUT2D eigenvalue weighted by Crippen LogP contribution is 1.92. The first-order valence-electron chi connectivity index (χ1n) is 3.12. The predicted octanol–water partition coefficient (Wildman–Crippen LogP) is -0.230. The van der Waals surface area contributed by atoms with Crippen molar-refractivity contribution in [2.45, 2.75) is 19.4 Å². The van der Waals surface area contributed by atoms with Gasteiger partial charge < -0.3 is 11.1 Å². The van der Waals surface area contributed by atoms with Gasteiger partial charge in [-0.2, -0.15) is 12.6 Å². The summed E-state index contributed by atoms with van der Waals surface area (Å²) in [6, 6.07) is 0. The van der Waals surface area contributed by atoms with Crippen molar-refractivity contribution in [3.05, 3.63) is 0 Å². The van der Waals surface area contributed by atoms with Crippen molar-refractivity contribution in [1.29, 1.82) is 0 Å². The molecule has 0 atom stereocenters. The Bertz CT molecular complexity index is 119. The van der Waals surface area contributed by atoms with Crippen LogP contribution in [0.1, 0.15) is 13.8 Å². The number of hydrogen-bond acceptors (Lipinski definition) is 3. The van der Waals surface area contributed by atoms with Crippen molar-refractivity contribution >= 4 is 18.5 Å². The molecule has 0 saturated heterocycles. The first-order valence-corrected chi connectivity index (χ1v) is 3.75. The summed E-state index contributed by atoms with van der Waals surface area (Å²) in [5, 5.41) is 2.63. The van der Waals surface area contributed by atoms with Crippen LogP contribution in [0.15, 0.2) is 0 Å². The van der Waals surface area contributed by atoms with E-state index >= 15 is 0 Å². The second kappa shape index (κ2) is 3.83. The maximum absolute atomic E-state index is 10.6. The molecule has 1 amide bonds. The lowest BCUT2D eigenvalue weighted by atomic mass is 10.1. The molecule has 4 heteroatoms. The Morgan fingerprint density at radius 3 is 2.50 bits per heavy atom. The van der Waals surface area contributed by atoms with Crippen LogP contribution in [0.4, 0.5) is 0 Å². The van der Waals surface area contributed by atoms with E-state index in [-0.39, 0.29) is 17.2 Å². The zero-order valence-electron chi connectivity index (χ0n) is 6.35.